The van der Waals surface area contributed by atoms with Crippen molar-refractivity contribution in [1.29, 1.82) is 0 Å². The summed E-state index contributed by atoms with van der Waals surface area (Å²) in [5.41, 5.74) is 4.63. The summed E-state index contributed by atoms with van der Waals surface area (Å²) in [6.07, 6.45) is 0.560. The number of hydrogen-bond donors (Lipinski definition) is 1. The van der Waals surface area contributed by atoms with Gasteiger partial charge in [-0.25, -0.2) is 14.3 Å². The van der Waals surface area contributed by atoms with Crippen molar-refractivity contribution in [2.24, 2.45) is 0 Å². The number of benzene rings is 2. The van der Waals surface area contributed by atoms with E-state index in [4.69, 9.17) is 9.47 Å². The lowest BCUT2D eigenvalue weighted by atomic mass is 9.87. The van der Waals surface area contributed by atoms with E-state index < -0.39 is 5.97 Å². The Balaban J connectivity index is 1.58. The highest BCUT2D eigenvalue weighted by molar-refractivity contribution is 5.91. The van der Waals surface area contributed by atoms with E-state index in [0.717, 1.165) is 22.8 Å². The number of urea groups is 1. The highest BCUT2D eigenvalue weighted by Gasteiger charge is 2.31. The van der Waals surface area contributed by atoms with Crippen molar-refractivity contribution >= 4 is 17.7 Å². The van der Waals surface area contributed by atoms with Crippen molar-refractivity contribution in [3.63, 3.8) is 0 Å². The number of nitrogens with zero attached hydrogens (tertiary/aromatic N) is 3. The lowest BCUT2D eigenvalue weighted by Gasteiger charge is -2.28. The Bertz CT molecular complexity index is 1210. The van der Waals surface area contributed by atoms with Crippen LogP contribution in [0.4, 0.5) is 10.5 Å². The summed E-state index contributed by atoms with van der Waals surface area (Å²) in [5, 5.41) is 7.57. The zero-order valence-corrected chi connectivity index (χ0v) is 20.9. The van der Waals surface area contributed by atoms with E-state index in [1.807, 2.05) is 48.5 Å². The second kappa shape index (κ2) is 9.82. The Labute approximate surface area is 205 Å². The molecule has 0 fully saturated rings. The molecule has 0 atom stereocenters. The minimum Gasteiger partial charge on any atom is -0.497 e. The van der Waals surface area contributed by atoms with E-state index >= 15 is 0 Å². The maximum absolute atomic E-state index is 13.1. The molecule has 1 aromatic heterocycles. The third kappa shape index (κ3) is 5.16. The van der Waals surface area contributed by atoms with E-state index in [1.165, 1.54) is 5.56 Å². The molecule has 2 amide bonds. The minimum absolute atomic E-state index is 0.0410. The van der Waals surface area contributed by atoms with Crippen LogP contribution in [0.2, 0.25) is 0 Å². The number of rotatable bonds is 5. The van der Waals surface area contributed by atoms with Gasteiger partial charge in [0.05, 0.1) is 31.6 Å². The molecule has 0 spiro atoms. The maximum Gasteiger partial charge on any atom is 0.359 e. The van der Waals surface area contributed by atoms with Crippen LogP contribution in [0.3, 0.4) is 0 Å². The third-order valence-corrected chi connectivity index (χ3v) is 6.13. The van der Waals surface area contributed by atoms with Crippen LogP contribution in [-0.4, -0.2) is 46.9 Å². The fourth-order valence-corrected chi connectivity index (χ4v) is 4.15. The molecule has 2 aromatic carbocycles. The molecule has 1 aliphatic heterocycles. The standard InChI is InChI=1S/C27H32N4O4/c1-6-35-25(32)24-22-17-30(26(33)28-19-9-7-18(8-10-19)27(2,3)4)16-15-23(22)31(29-24)20-11-13-21(34-5)14-12-20/h7-14H,6,15-17H2,1-5H3,(H,28,33). The SMILES string of the molecule is CCOC(=O)c1nn(-c2ccc(OC)cc2)c2c1CN(C(=O)Nc1ccc(C(C)(C)C)cc1)CC2. The highest BCUT2D eigenvalue weighted by atomic mass is 16.5. The molecule has 184 valence electrons. The first-order valence-corrected chi connectivity index (χ1v) is 11.8. The monoisotopic (exact) mass is 476 g/mol. The van der Waals surface area contributed by atoms with Crippen LogP contribution < -0.4 is 10.1 Å². The van der Waals surface area contributed by atoms with Crippen molar-refractivity contribution in [1.82, 2.24) is 14.7 Å². The Morgan fingerprint density at radius 2 is 1.74 bits per heavy atom. The number of hydrogen-bond acceptors (Lipinski definition) is 5. The summed E-state index contributed by atoms with van der Waals surface area (Å²) >= 11 is 0. The van der Waals surface area contributed by atoms with Crippen LogP contribution in [0.1, 0.15) is 55.0 Å². The third-order valence-electron chi connectivity index (χ3n) is 6.13. The van der Waals surface area contributed by atoms with Crippen LogP contribution >= 0.6 is 0 Å². The van der Waals surface area contributed by atoms with Gasteiger partial charge in [0.25, 0.3) is 0 Å². The molecule has 1 aliphatic rings. The number of ether oxygens (including phenoxy) is 2. The number of aromatic nitrogens is 2. The van der Waals surface area contributed by atoms with Gasteiger partial charge in [0.15, 0.2) is 5.69 Å². The fourth-order valence-electron chi connectivity index (χ4n) is 4.15. The van der Waals surface area contributed by atoms with Crippen molar-refractivity contribution in [3.8, 4) is 11.4 Å². The van der Waals surface area contributed by atoms with Gasteiger partial charge in [-0.1, -0.05) is 32.9 Å². The molecule has 0 unspecified atom stereocenters. The van der Waals surface area contributed by atoms with E-state index in [9.17, 15) is 9.59 Å². The largest absolute Gasteiger partial charge is 0.497 e. The van der Waals surface area contributed by atoms with Crippen LogP contribution in [0.25, 0.3) is 5.69 Å². The van der Waals surface area contributed by atoms with Crippen LogP contribution in [-0.2, 0) is 23.1 Å². The van der Waals surface area contributed by atoms with Crippen LogP contribution in [0.5, 0.6) is 5.75 Å². The number of amides is 2. The first-order valence-electron chi connectivity index (χ1n) is 11.8. The molecular weight excluding hydrogens is 444 g/mol. The van der Waals surface area contributed by atoms with Crippen LogP contribution in [0, 0.1) is 0 Å². The van der Waals surface area contributed by atoms with Gasteiger partial charge in [-0.3, -0.25) is 0 Å². The lowest BCUT2D eigenvalue weighted by Crippen LogP contribution is -2.39. The van der Waals surface area contributed by atoms with Crippen molar-refractivity contribution in [2.45, 2.75) is 46.1 Å². The molecule has 3 aromatic rings. The second-order valence-electron chi connectivity index (χ2n) is 9.53. The molecule has 1 N–H and O–H groups in total. The number of carbonyl (C=O) groups excluding carboxylic acids is 2. The van der Waals surface area contributed by atoms with Crippen molar-refractivity contribution in [3.05, 3.63) is 71.0 Å². The first-order chi connectivity index (χ1) is 16.7. The van der Waals surface area contributed by atoms with E-state index in [-0.39, 0.29) is 30.3 Å². The van der Waals surface area contributed by atoms with Gasteiger partial charge in [-0.15, -0.1) is 0 Å². The molecule has 8 nitrogen and oxygen atoms in total. The summed E-state index contributed by atoms with van der Waals surface area (Å²) in [4.78, 5) is 27.5. The van der Waals surface area contributed by atoms with Crippen molar-refractivity contribution < 1.29 is 19.1 Å². The molecular formula is C27H32N4O4. The van der Waals surface area contributed by atoms with Gasteiger partial charge >= 0.3 is 12.0 Å². The fraction of sp³-hybridized carbons (Fsp3) is 0.370. The Hall–Kier alpha value is -3.81. The molecule has 0 bridgehead atoms. The number of carbonyl (C=O) groups is 2. The molecule has 0 radical (unpaired) electrons. The number of methoxy groups -OCH3 is 1. The number of anilines is 1. The predicted octanol–water partition coefficient (Wildman–Crippen LogP) is 4.95. The van der Waals surface area contributed by atoms with Gasteiger partial charge in [0, 0.05) is 24.2 Å². The molecule has 4 rings (SSSR count). The zero-order chi connectivity index (χ0) is 25.2. The molecule has 8 heteroatoms. The summed E-state index contributed by atoms with van der Waals surface area (Å²) in [6.45, 7) is 9.24. The number of nitrogens with one attached hydrogen (secondary N) is 1. The number of esters is 1. The van der Waals surface area contributed by atoms with Gasteiger partial charge in [-0.05, 0) is 54.3 Å². The first kappa shape index (κ1) is 24.3. The van der Waals surface area contributed by atoms with Gasteiger partial charge in [0.2, 0.25) is 0 Å². The lowest BCUT2D eigenvalue weighted by molar-refractivity contribution is 0.0516. The van der Waals surface area contributed by atoms with Crippen LogP contribution in [0.15, 0.2) is 48.5 Å². The quantitative estimate of drug-likeness (QED) is 0.527. The Morgan fingerprint density at radius 1 is 1.06 bits per heavy atom. The normalized spacial score (nSPS) is 13.2. The summed E-state index contributed by atoms with van der Waals surface area (Å²) < 4.78 is 12.3. The smallest absolute Gasteiger partial charge is 0.359 e. The van der Waals surface area contributed by atoms with Crippen molar-refractivity contribution in [2.75, 3.05) is 25.6 Å². The average molecular weight is 477 g/mol. The maximum atomic E-state index is 13.1. The van der Waals surface area contributed by atoms with E-state index in [0.29, 0.717) is 18.5 Å². The Kier molecular flexibility index (Phi) is 6.82. The number of fused-ring (bicyclic) bond motifs is 1. The van der Waals surface area contributed by atoms with Gasteiger partial charge < -0.3 is 19.7 Å². The van der Waals surface area contributed by atoms with Gasteiger partial charge in [0.1, 0.15) is 5.75 Å². The second-order valence-corrected chi connectivity index (χ2v) is 9.53. The molecule has 0 aliphatic carbocycles. The highest BCUT2D eigenvalue weighted by Crippen LogP contribution is 2.28. The minimum atomic E-state index is -0.490. The molecule has 0 saturated heterocycles. The molecule has 2 heterocycles. The van der Waals surface area contributed by atoms with E-state index in [2.05, 4.69) is 31.2 Å². The molecule has 35 heavy (non-hydrogen) atoms. The zero-order valence-electron chi connectivity index (χ0n) is 20.9. The predicted molar refractivity (Wildman–Crippen MR) is 134 cm³/mol. The average Bonchev–Trinajstić information content (AvgIpc) is 3.23. The molecule has 0 saturated carbocycles. The summed E-state index contributed by atoms with van der Waals surface area (Å²) in [6, 6.07) is 15.2. The Morgan fingerprint density at radius 3 is 2.34 bits per heavy atom. The van der Waals surface area contributed by atoms with E-state index in [1.54, 1.807) is 23.6 Å². The summed E-state index contributed by atoms with van der Waals surface area (Å²) in [7, 11) is 1.61. The summed E-state index contributed by atoms with van der Waals surface area (Å²) in [5.74, 6) is 0.245. The topological polar surface area (TPSA) is 85.7 Å². The van der Waals surface area contributed by atoms with Gasteiger partial charge in [-0.2, -0.15) is 5.10 Å².